The summed E-state index contributed by atoms with van der Waals surface area (Å²) in [6.45, 7) is 5.68. The number of benzene rings is 1. The van der Waals surface area contributed by atoms with Crippen molar-refractivity contribution in [3.63, 3.8) is 0 Å². The molecule has 112 valence electrons. The van der Waals surface area contributed by atoms with Gasteiger partial charge in [0.15, 0.2) is 0 Å². The van der Waals surface area contributed by atoms with E-state index in [1.165, 1.54) is 37.0 Å². The van der Waals surface area contributed by atoms with Crippen molar-refractivity contribution in [2.45, 2.75) is 62.1 Å². The van der Waals surface area contributed by atoms with Crippen LogP contribution in [0.25, 0.3) is 0 Å². The average Bonchev–Trinajstić information content (AvgIpc) is 2.48. The molecule has 0 amide bonds. The monoisotopic (exact) mass is 311 g/mol. The highest BCUT2D eigenvalue weighted by atomic mass is 35.5. The van der Waals surface area contributed by atoms with E-state index in [1.54, 1.807) is 0 Å². The Morgan fingerprint density at radius 3 is 2.75 bits per heavy atom. The van der Waals surface area contributed by atoms with Crippen molar-refractivity contribution >= 4 is 23.4 Å². The summed E-state index contributed by atoms with van der Waals surface area (Å²) in [5.74, 6) is 0.884. The van der Waals surface area contributed by atoms with E-state index < -0.39 is 0 Å². The number of thioether (sulfide) groups is 1. The van der Waals surface area contributed by atoms with E-state index in [2.05, 4.69) is 31.3 Å². The summed E-state index contributed by atoms with van der Waals surface area (Å²) in [7, 11) is 0. The Balaban J connectivity index is 2.04. The molecule has 0 aromatic heterocycles. The summed E-state index contributed by atoms with van der Waals surface area (Å²) < 4.78 is 0. The first kappa shape index (κ1) is 16.2. The molecule has 1 aliphatic rings. The van der Waals surface area contributed by atoms with Gasteiger partial charge in [-0.3, -0.25) is 0 Å². The SMILES string of the molecule is CCCNC1CCC(CC)CC1Sc1ccccc1Cl. The molecule has 3 unspecified atom stereocenters. The summed E-state index contributed by atoms with van der Waals surface area (Å²) in [6, 6.07) is 8.88. The van der Waals surface area contributed by atoms with Gasteiger partial charge in [-0.1, -0.05) is 44.0 Å². The van der Waals surface area contributed by atoms with Gasteiger partial charge >= 0.3 is 0 Å². The topological polar surface area (TPSA) is 12.0 Å². The van der Waals surface area contributed by atoms with Crippen LogP contribution in [0.15, 0.2) is 29.2 Å². The summed E-state index contributed by atoms with van der Waals surface area (Å²) in [6.07, 6.45) is 6.50. The van der Waals surface area contributed by atoms with Crippen LogP contribution in [-0.2, 0) is 0 Å². The predicted octanol–water partition coefficient (Wildman–Crippen LogP) is 5.38. The Hall–Kier alpha value is -0.180. The van der Waals surface area contributed by atoms with Gasteiger partial charge in [0.1, 0.15) is 0 Å². The normalized spacial score (nSPS) is 26.6. The predicted molar refractivity (Wildman–Crippen MR) is 90.8 cm³/mol. The van der Waals surface area contributed by atoms with E-state index in [0.717, 1.165) is 17.5 Å². The Bertz CT molecular complexity index is 410. The molecule has 0 heterocycles. The van der Waals surface area contributed by atoms with Gasteiger partial charge in [-0.25, -0.2) is 0 Å². The molecule has 1 saturated carbocycles. The zero-order valence-electron chi connectivity index (χ0n) is 12.6. The third kappa shape index (κ3) is 4.41. The van der Waals surface area contributed by atoms with Gasteiger partial charge < -0.3 is 5.32 Å². The molecular weight excluding hydrogens is 286 g/mol. The Labute approximate surface area is 132 Å². The maximum Gasteiger partial charge on any atom is 0.0541 e. The van der Waals surface area contributed by atoms with Crippen LogP contribution >= 0.6 is 23.4 Å². The summed E-state index contributed by atoms with van der Waals surface area (Å²) >= 11 is 8.30. The molecule has 0 radical (unpaired) electrons. The van der Waals surface area contributed by atoms with E-state index in [9.17, 15) is 0 Å². The largest absolute Gasteiger partial charge is 0.313 e. The minimum absolute atomic E-state index is 0.638. The molecule has 2 rings (SSSR count). The second kappa shape index (κ2) is 8.31. The van der Waals surface area contributed by atoms with Crippen molar-refractivity contribution in [3.05, 3.63) is 29.3 Å². The first-order valence-electron chi connectivity index (χ1n) is 7.89. The molecule has 1 fully saturated rings. The first-order chi connectivity index (χ1) is 9.74. The Morgan fingerprint density at radius 1 is 1.25 bits per heavy atom. The van der Waals surface area contributed by atoms with Crippen molar-refractivity contribution in [2.75, 3.05) is 6.54 Å². The number of hydrogen-bond acceptors (Lipinski definition) is 2. The van der Waals surface area contributed by atoms with Crippen molar-refractivity contribution in [2.24, 2.45) is 5.92 Å². The maximum atomic E-state index is 6.32. The lowest BCUT2D eigenvalue weighted by atomic mass is 9.84. The Kier molecular flexibility index (Phi) is 6.73. The average molecular weight is 312 g/mol. The minimum Gasteiger partial charge on any atom is -0.313 e. The van der Waals surface area contributed by atoms with Crippen molar-refractivity contribution in [1.82, 2.24) is 5.32 Å². The fraction of sp³-hybridized carbons (Fsp3) is 0.647. The molecule has 0 saturated heterocycles. The van der Waals surface area contributed by atoms with Crippen molar-refractivity contribution in [3.8, 4) is 0 Å². The number of halogens is 1. The third-order valence-corrected chi connectivity index (χ3v) is 6.12. The molecule has 3 atom stereocenters. The molecule has 0 bridgehead atoms. The highest BCUT2D eigenvalue weighted by molar-refractivity contribution is 8.00. The smallest absolute Gasteiger partial charge is 0.0541 e. The molecule has 1 nitrogen and oxygen atoms in total. The molecule has 1 aromatic carbocycles. The van der Waals surface area contributed by atoms with Gasteiger partial charge in [-0.05, 0) is 50.3 Å². The highest BCUT2D eigenvalue weighted by Crippen LogP contribution is 2.39. The quantitative estimate of drug-likeness (QED) is 0.757. The van der Waals surface area contributed by atoms with Crippen LogP contribution in [0.3, 0.4) is 0 Å². The summed E-state index contributed by atoms with van der Waals surface area (Å²) in [5, 5.41) is 5.29. The highest BCUT2D eigenvalue weighted by Gasteiger charge is 2.30. The summed E-state index contributed by atoms with van der Waals surface area (Å²) in [4.78, 5) is 1.24. The summed E-state index contributed by atoms with van der Waals surface area (Å²) in [5.41, 5.74) is 0. The van der Waals surface area contributed by atoms with Crippen LogP contribution < -0.4 is 5.32 Å². The molecule has 1 aliphatic carbocycles. The van der Waals surface area contributed by atoms with Crippen molar-refractivity contribution in [1.29, 1.82) is 0 Å². The molecule has 3 heteroatoms. The lowest BCUT2D eigenvalue weighted by molar-refractivity contribution is 0.295. The van der Waals surface area contributed by atoms with Gasteiger partial charge in [0.25, 0.3) is 0 Å². The second-order valence-electron chi connectivity index (χ2n) is 5.73. The molecule has 20 heavy (non-hydrogen) atoms. The van der Waals surface area contributed by atoms with Crippen LogP contribution in [0.1, 0.15) is 46.0 Å². The van der Waals surface area contributed by atoms with E-state index in [1.807, 2.05) is 23.9 Å². The third-order valence-electron chi connectivity index (χ3n) is 4.25. The van der Waals surface area contributed by atoms with Gasteiger partial charge in [0, 0.05) is 16.2 Å². The van der Waals surface area contributed by atoms with Crippen LogP contribution in [0.4, 0.5) is 0 Å². The molecule has 0 spiro atoms. The van der Waals surface area contributed by atoms with Crippen molar-refractivity contribution < 1.29 is 0 Å². The van der Waals surface area contributed by atoms with Crippen LogP contribution in [0.2, 0.25) is 5.02 Å². The minimum atomic E-state index is 0.638. The molecular formula is C17H26ClNS. The van der Waals surface area contributed by atoms with Gasteiger partial charge in [0.05, 0.1) is 5.02 Å². The molecule has 0 aliphatic heterocycles. The van der Waals surface area contributed by atoms with Gasteiger partial charge in [0.2, 0.25) is 0 Å². The van der Waals surface area contributed by atoms with E-state index >= 15 is 0 Å². The lowest BCUT2D eigenvalue weighted by Gasteiger charge is -2.36. The number of rotatable bonds is 6. The van der Waals surface area contributed by atoms with E-state index in [0.29, 0.717) is 11.3 Å². The van der Waals surface area contributed by atoms with Crippen LogP contribution in [0.5, 0.6) is 0 Å². The van der Waals surface area contributed by atoms with Gasteiger partial charge in [-0.2, -0.15) is 0 Å². The fourth-order valence-corrected chi connectivity index (χ4v) is 4.68. The molecule has 1 N–H and O–H groups in total. The second-order valence-corrected chi connectivity index (χ2v) is 7.42. The van der Waals surface area contributed by atoms with Crippen LogP contribution in [-0.4, -0.2) is 17.8 Å². The fourth-order valence-electron chi connectivity index (χ4n) is 2.98. The zero-order chi connectivity index (χ0) is 14.4. The van der Waals surface area contributed by atoms with Crippen LogP contribution in [0, 0.1) is 5.92 Å². The van der Waals surface area contributed by atoms with Gasteiger partial charge in [-0.15, -0.1) is 11.8 Å². The zero-order valence-corrected chi connectivity index (χ0v) is 14.1. The number of hydrogen-bond donors (Lipinski definition) is 1. The lowest BCUT2D eigenvalue weighted by Crippen LogP contribution is -2.42. The van der Waals surface area contributed by atoms with E-state index in [4.69, 9.17) is 11.6 Å². The number of nitrogens with one attached hydrogen (secondary N) is 1. The Morgan fingerprint density at radius 2 is 2.05 bits per heavy atom. The standard InChI is InChI=1S/C17H26ClNS/c1-3-11-19-15-10-9-13(4-2)12-17(15)20-16-8-6-5-7-14(16)18/h5-8,13,15,17,19H,3-4,9-12H2,1-2H3. The van der Waals surface area contributed by atoms with E-state index in [-0.39, 0.29) is 0 Å². The maximum absolute atomic E-state index is 6.32. The molecule has 1 aromatic rings. The first-order valence-corrected chi connectivity index (χ1v) is 9.14.